The molecule has 1 aliphatic rings. The van der Waals surface area contributed by atoms with Crippen LogP contribution < -0.4 is 10.3 Å². The van der Waals surface area contributed by atoms with E-state index in [1.807, 2.05) is 31.2 Å². The van der Waals surface area contributed by atoms with Crippen molar-refractivity contribution < 1.29 is 4.74 Å². The molecule has 1 aromatic carbocycles. The van der Waals surface area contributed by atoms with Crippen LogP contribution in [0, 0.1) is 6.92 Å². The Balaban J connectivity index is 1.39. The molecule has 0 radical (unpaired) electrons. The van der Waals surface area contributed by atoms with E-state index >= 15 is 0 Å². The molecule has 0 saturated carbocycles. The molecular weight excluding hydrogens is 346 g/mol. The van der Waals surface area contributed by atoms with Crippen LogP contribution in [0.25, 0.3) is 10.2 Å². The van der Waals surface area contributed by atoms with E-state index in [4.69, 9.17) is 4.74 Å². The summed E-state index contributed by atoms with van der Waals surface area (Å²) < 4.78 is 7.34. The lowest BCUT2D eigenvalue weighted by molar-refractivity contribution is 0.299. The Morgan fingerprint density at radius 1 is 1.19 bits per heavy atom. The van der Waals surface area contributed by atoms with Crippen LogP contribution in [-0.2, 0) is 19.4 Å². The van der Waals surface area contributed by atoms with Gasteiger partial charge in [0.25, 0.3) is 5.56 Å². The Hall–Kier alpha value is -2.21. The maximum absolute atomic E-state index is 12.8. The first kappa shape index (κ1) is 17.2. The average molecular weight is 369 g/mol. The zero-order valence-corrected chi connectivity index (χ0v) is 15.8. The molecule has 26 heavy (non-hydrogen) atoms. The van der Waals surface area contributed by atoms with Crippen LogP contribution in [0.15, 0.2) is 29.1 Å². The number of nitrogens with zero attached hydrogens (tertiary/aromatic N) is 3. The van der Waals surface area contributed by atoms with E-state index < -0.39 is 0 Å². The van der Waals surface area contributed by atoms with E-state index in [1.165, 1.54) is 21.5 Å². The van der Waals surface area contributed by atoms with Crippen LogP contribution in [0.5, 0.6) is 5.75 Å². The molecule has 0 atom stereocenters. The number of aromatic nitrogens is 3. The minimum Gasteiger partial charge on any atom is -0.493 e. The van der Waals surface area contributed by atoms with Gasteiger partial charge < -0.3 is 4.74 Å². The van der Waals surface area contributed by atoms with Gasteiger partial charge in [0.15, 0.2) is 4.83 Å². The Kier molecular flexibility index (Phi) is 5.02. The molecule has 0 amide bonds. The van der Waals surface area contributed by atoms with Gasteiger partial charge in [-0.2, -0.15) is 0 Å². The minimum absolute atomic E-state index is 0.0224. The number of aryl methyl sites for hydroxylation is 4. The fourth-order valence-corrected chi connectivity index (χ4v) is 4.71. The summed E-state index contributed by atoms with van der Waals surface area (Å²) >= 11 is 1.65. The van der Waals surface area contributed by atoms with Crippen LogP contribution in [0.3, 0.4) is 0 Å². The summed E-state index contributed by atoms with van der Waals surface area (Å²) in [7, 11) is 0. The Labute approximate surface area is 156 Å². The van der Waals surface area contributed by atoms with Gasteiger partial charge >= 0.3 is 0 Å². The number of fused-ring (bicyclic) bond motifs is 3. The second-order valence-electron chi connectivity index (χ2n) is 6.83. The van der Waals surface area contributed by atoms with Crippen LogP contribution in [0.2, 0.25) is 0 Å². The van der Waals surface area contributed by atoms with Crippen molar-refractivity contribution in [3.05, 3.63) is 50.6 Å². The van der Waals surface area contributed by atoms with E-state index in [1.54, 1.807) is 11.3 Å². The second-order valence-corrected chi connectivity index (χ2v) is 7.91. The van der Waals surface area contributed by atoms with Crippen LogP contribution >= 0.6 is 11.3 Å². The highest BCUT2D eigenvalue weighted by Gasteiger charge is 2.20. The molecule has 136 valence electrons. The van der Waals surface area contributed by atoms with Gasteiger partial charge in [-0.1, -0.05) is 23.4 Å². The van der Waals surface area contributed by atoms with E-state index in [-0.39, 0.29) is 5.56 Å². The van der Waals surface area contributed by atoms with Gasteiger partial charge in [-0.3, -0.25) is 4.79 Å². The predicted octanol–water partition coefficient (Wildman–Crippen LogP) is 3.90. The Morgan fingerprint density at radius 2 is 2.04 bits per heavy atom. The molecule has 3 aromatic rings. The minimum atomic E-state index is 0.0224. The third-order valence-corrected chi connectivity index (χ3v) is 6.14. The molecule has 6 heteroatoms. The quantitative estimate of drug-likeness (QED) is 0.619. The lowest BCUT2D eigenvalue weighted by atomic mass is 9.97. The molecule has 0 spiro atoms. The molecule has 0 bridgehead atoms. The molecule has 2 aromatic heterocycles. The summed E-state index contributed by atoms with van der Waals surface area (Å²) in [4.78, 5) is 15.0. The highest BCUT2D eigenvalue weighted by Crippen LogP contribution is 2.33. The molecule has 1 aliphatic carbocycles. The number of para-hydroxylation sites is 1. The molecule has 2 heterocycles. The van der Waals surface area contributed by atoms with Crippen molar-refractivity contribution in [1.29, 1.82) is 0 Å². The number of hydrogen-bond donors (Lipinski definition) is 0. The van der Waals surface area contributed by atoms with Crippen molar-refractivity contribution in [2.24, 2.45) is 0 Å². The number of rotatable bonds is 6. The van der Waals surface area contributed by atoms with Gasteiger partial charge in [0.1, 0.15) is 5.75 Å². The zero-order chi connectivity index (χ0) is 17.9. The average Bonchev–Trinajstić information content (AvgIpc) is 3.04. The van der Waals surface area contributed by atoms with Gasteiger partial charge in [0, 0.05) is 11.4 Å². The summed E-state index contributed by atoms with van der Waals surface area (Å²) in [6.45, 7) is 3.27. The maximum atomic E-state index is 12.8. The first-order valence-corrected chi connectivity index (χ1v) is 10.1. The van der Waals surface area contributed by atoms with Gasteiger partial charge in [0.05, 0.1) is 12.0 Å². The first-order chi connectivity index (χ1) is 12.7. The monoisotopic (exact) mass is 369 g/mol. The van der Waals surface area contributed by atoms with Crippen LogP contribution in [0.4, 0.5) is 0 Å². The summed E-state index contributed by atoms with van der Waals surface area (Å²) in [5.74, 6) is 0.927. The molecule has 0 aliphatic heterocycles. The SMILES string of the molecule is Cc1ccccc1OCCCCn1nnc2sc3c(c2c1=O)CCCC3. The lowest BCUT2D eigenvalue weighted by Crippen LogP contribution is -2.25. The van der Waals surface area contributed by atoms with Crippen LogP contribution in [-0.4, -0.2) is 21.6 Å². The Morgan fingerprint density at radius 3 is 2.92 bits per heavy atom. The van der Waals surface area contributed by atoms with E-state index in [0.717, 1.165) is 53.6 Å². The Bertz CT molecular complexity index is 977. The van der Waals surface area contributed by atoms with Gasteiger partial charge in [-0.05, 0) is 62.6 Å². The van der Waals surface area contributed by atoms with Crippen molar-refractivity contribution in [2.45, 2.75) is 52.0 Å². The van der Waals surface area contributed by atoms with Crippen molar-refractivity contribution in [3.63, 3.8) is 0 Å². The highest BCUT2D eigenvalue weighted by molar-refractivity contribution is 7.18. The molecule has 0 N–H and O–H groups in total. The van der Waals surface area contributed by atoms with Gasteiger partial charge in [-0.15, -0.1) is 16.4 Å². The first-order valence-electron chi connectivity index (χ1n) is 9.30. The molecular formula is C20H23N3O2S. The van der Waals surface area contributed by atoms with Gasteiger partial charge in [0.2, 0.25) is 0 Å². The number of ether oxygens (including phenoxy) is 1. The molecule has 0 unspecified atom stereocenters. The maximum Gasteiger partial charge on any atom is 0.278 e. The number of benzene rings is 1. The fourth-order valence-electron chi connectivity index (χ4n) is 3.52. The number of hydrogen-bond acceptors (Lipinski definition) is 5. The predicted molar refractivity (Wildman–Crippen MR) is 104 cm³/mol. The van der Waals surface area contributed by atoms with Crippen LogP contribution in [0.1, 0.15) is 41.7 Å². The summed E-state index contributed by atoms with van der Waals surface area (Å²) in [5, 5.41) is 9.26. The normalized spacial score (nSPS) is 13.7. The van der Waals surface area contributed by atoms with Crippen molar-refractivity contribution >= 4 is 21.6 Å². The van der Waals surface area contributed by atoms with E-state index in [9.17, 15) is 4.79 Å². The summed E-state index contributed by atoms with van der Waals surface area (Å²) in [6, 6.07) is 8.01. The summed E-state index contributed by atoms with van der Waals surface area (Å²) in [5.41, 5.74) is 2.39. The smallest absolute Gasteiger partial charge is 0.278 e. The highest BCUT2D eigenvalue weighted by atomic mass is 32.1. The molecule has 4 rings (SSSR count). The third kappa shape index (κ3) is 3.38. The third-order valence-electron chi connectivity index (χ3n) is 4.96. The largest absolute Gasteiger partial charge is 0.493 e. The van der Waals surface area contributed by atoms with E-state index in [0.29, 0.717) is 13.2 Å². The van der Waals surface area contributed by atoms with Crippen molar-refractivity contribution in [1.82, 2.24) is 15.0 Å². The fraction of sp³-hybridized carbons (Fsp3) is 0.450. The summed E-state index contributed by atoms with van der Waals surface area (Å²) in [6.07, 6.45) is 6.17. The molecule has 0 fully saturated rings. The molecule has 5 nitrogen and oxygen atoms in total. The number of thiophene rings is 1. The molecule has 0 saturated heterocycles. The van der Waals surface area contributed by atoms with Crippen molar-refractivity contribution in [2.75, 3.05) is 6.61 Å². The second kappa shape index (κ2) is 7.58. The topological polar surface area (TPSA) is 57.0 Å². The van der Waals surface area contributed by atoms with Crippen molar-refractivity contribution in [3.8, 4) is 5.75 Å². The lowest BCUT2D eigenvalue weighted by Gasteiger charge is -2.10. The number of unbranched alkanes of at least 4 members (excludes halogenated alkanes) is 1. The zero-order valence-electron chi connectivity index (χ0n) is 15.0. The standard InChI is InChI=1S/C20H23N3O2S/c1-14-8-2-4-10-16(14)25-13-7-6-12-23-20(24)18-15-9-3-5-11-17(15)26-19(18)21-22-23/h2,4,8,10H,3,5-7,9,11-13H2,1H3. The van der Waals surface area contributed by atoms with E-state index in [2.05, 4.69) is 10.3 Å². The van der Waals surface area contributed by atoms with Gasteiger partial charge in [-0.25, -0.2) is 4.68 Å².